The SMILES string of the molecule is Cc1ccc(NC(=O)O/N=C/c2ccc(F)cc2)cc1. The first-order valence-corrected chi connectivity index (χ1v) is 5.97. The zero-order valence-corrected chi connectivity index (χ0v) is 10.8. The zero-order valence-electron chi connectivity index (χ0n) is 10.8. The number of carbonyl (C=O) groups excluding carboxylic acids is 1. The van der Waals surface area contributed by atoms with Crippen LogP contribution in [0.3, 0.4) is 0 Å². The zero-order chi connectivity index (χ0) is 14.4. The van der Waals surface area contributed by atoms with E-state index in [0.29, 0.717) is 11.3 Å². The molecule has 0 saturated heterocycles. The average molecular weight is 272 g/mol. The minimum atomic E-state index is -0.688. The Hall–Kier alpha value is -2.69. The minimum Gasteiger partial charge on any atom is -0.298 e. The van der Waals surface area contributed by atoms with Crippen molar-refractivity contribution in [2.45, 2.75) is 6.92 Å². The first kappa shape index (κ1) is 13.7. The summed E-state index contributed by atoms with van der Waals surface area (Å²) >= 11 is 0. The Morgan fingerprint density at radius 1 is 1.15 bits per heavy atom. The molecule has 2 aromatic rings. The molecular weight excluding hydrogens is 259 g/mol. The maximum absolute atomic E-state index is 12.7. The molecule has 0 saturated carbocycles. The number of oxime groups is 1. The van der Waals surface area contributed by atoms with Gasteiger partial charge in [0, 0.05) is 5.69 Å². The van der Waals surface area contributed by atoms with Crippen molar-refractivity contribution in [3.63, 3.8) is 0 Å². The Balaban J connectivity index is 1.85. The summed E-state index contributed by atoms with van der Waals surface area (Å²) in [5, 5.41) is 6.06. The van der Waals surface area contributed by atoms with Crippen LogP contribution in [0.25, 0.3) is 0 Å². The lowest BCUT2D eigenvalue weighted by Gasteiger charge is -2.02. The monoisotopic (exact) mass is 272 g/mol. The van der Waals surface area contributed by atoms with E-state index >= 15 is 0 Å². The maximum atomic E-state index is 12.7. The molecule has 0 atom stereocenters. The summed E-state index contributed by atoms with van der Waals surface area (Å²) in [7, 11) is 0. The molecule has 20 heavy (non-hydrogen) atoms. The molecular formula is C15H13FN2O2. The average Bonchev–Trinajstić information content (AvgIpc) is 2.44. The lowest BCUT2D eigenvalue weighted by atomic mass is 10.2. The number of carbonyl (C=O) groups is 1. The van der Waals surface area contributed by atoms with E-state index in [1.54, 1.807) is 12.1 Å². The summed E-state index contributed by atoms with van der Waals surface area (Å²) in [4.78, 5) is 16.1. The van der Waals surface area contributed by atoms with Crippen LogP contribution >= 0.6 is 0 Å². The van der Waals surface area contributed by atoms with E-state index in [2.05, 4.69) is 15.3 Å². The third-order valence-corrected chi connectivity index (χ3v) is 2.51. The van der Waals surface area contributed by atoms with Crippen molar-refractivity contribution in [2.24, 2.45) is 5.16 Å². The summed E-state index contributed by atoms with van der Waals surface area (Å²) < 4.78 is 12.7. The van der Waals surface area contributed by atoms with Crippen LogP contribution < -0.4 is 5.32 Å². The largest absolute Gasteiger partial charge is 0.437 e. The van der Waals surface area contributed by atoms with Gasteiger partial charge in [0.05, 0.1) is 6.21 Å². The second-order valence-corrected chi connectivity index (χ2v) is 4.16. The van der Waals surface area contributed by atoms with Gasteiger partial charge in [-0.2, -0.15) is 0 Å². The van der Waals surface area contributed by atoms with Gasteiger partial charge in [0.25, 0.3) is 0 Å². The van der Waals surface area contributed by atoms with Gasteiger partial charge in [0.2, 0.25) is 0 Å². The van der Waals surface area contributed by atoms with Crippen molar-refractivity contribution in [2.75, 3.05) is 5.32 Å². The molecule has 0 bridgehead atoms. The molecule has 102 valence electrons. The number of halogens is 1. The smallest absolute Gasteiger partial charge is 0.298 e. The van der Waals surface area contributed by atoms with E-state index in [1.165, 1.54) is 30.5 Å². The lowest BCUT2D eigenvalue weighted by Crippen LogP contribution is -2.10. The number of amides is 1. The summed E-state index contributed by atoms with van der Waals surface area (Å²) in [5.74, 6) is -0.333. The molecule has 0 heterocycles. The molecule has 2 aromatic carbocycles. The van der Waals surface area contributed by atoms with Gasteiger partial charge in [-0.05, 0) is 36.8 Å². The van der Waals surface area contributed by atoms with Crippen molar-refractivity contribution in [3.8, 4) is 0 Å². The molecule has 0 radical (unpaired) electrons. The second kappa shape index (κ2) is 6.47. The molecule has 4 nitrogen and oxygen atoms in total. The molecule has 1 amide bonds. The van der Waals surface area contributed by atoms with Crippen molar-refractivity contribution < 1.29 is 14.0 Å². The molecule has 0 aromatic heterocycles. The Morgan fingerprint density at radius 2 is 1.80 bits per heavy atom. The number of hydrogen-bond acceptors (Lipinski definition) is 3. The van der Waals surface area contributed by atoms with E-state index in [-0.39, 0.29) is 5.82 Å². The Bertz CT molecular complexity index is 607. The predicted octanol–water partition coefficient (Wildman–Crippen LogP) is 3.72. The van der Waals surface area contributed by atoms with Gasteiger partial charge >= 0.3 is 6.09 Å². The second-order valence-electron chi connectivity index (χ2n) is 4.16. The summed E-state index contributed by atoms with van der Waals surface area (Å²) in [5.41, 5.74) is 2.35. The third-order valence-electron chi connectivity index (χ3n) is 2.51. The standard InChI is InChI=1S/C15H13FN2O2/c1-11-2-8-14(9-3-11)18-15(19)20-17-10-12-4-6-13(16)7-5-12/h2-10H,1H3,(H,18,19)/b17-10+. The molecule has 0 aliphatic carbocycles. The number of anilines is 1. The fourth-order valence-corrected chi connectivity index (χ4v) is 1.46. The van der Waals surface area contributed by atoms with Gasteiger partial charge in [-0.25, -0.2) is 9.18 Å². The summed E-state index contributed by atoms with van der Waals surface area (Å²) in [6.45, 7) is 1.95. The maximum Gasteiger partial charge on any atom is 0.437 e. The van der Waals surface area contributed by atoms with Crippen LogP contribution in [0.2, 0.25) is 0 Å². The van der Waals surface area contributed by atoms with Gasteiger partial charge in [-0.1, -0.05) is 35.0 Å². The fraction of sp³-hybridized carbons (Fsp3) is 0.0667. The molecule has 1 N–H and O–H groups in total. The van der Waals surface area contributed by atoms with Gasteiger partial charge in [0.15, 0.2) is 0 Å². The molecule has 0 aliphatic heterocycles. The van der Waals surface area contributed by atoms with Crippen LogP contribution in [0.1, 0.15) is 11.1 Å². The van der Waals surface area contributed by atoms with Crippen molar-refractivity contribution in [3.05, 3.63) is 65.5 Å². The highest BCUT2D eigenvalue weighted by molar-refractivity contribution is 5.85. The van der Waals surface area contributed by atoms with Crippen LogP contribution in [0.4, 0.5) is 14.9 Å². The number of nitrogens with zero attached hydrogens (tertiary/aromatic N) is 1. The highest BCUT2D eigenvalue weighted by Gasteiger charge is 2.01. The molecule has 2 rings (SSSR count). The van der Waals surface area contributed by atoms with Crippen LogP contribution in [0.15, 0.2) is 53.7 Å². The van der Waals surface area contributed by atoms with Gasteiger partial charge in [-0.15, -0.1) is 0 Å². The number of hydrogen-bond donors (Lipinski definition) is 1. The quantitative estimate of drug-likeness (QED) is 0.526. The first-order valence-electron chi connectivity index (χ1n) is 5.97. The van der Waals surface area contributed by atoms with E-state index in [1.807, 2.05) is 19.1 Å². The first-order chi connectivity index (χ1) is 9.63. The Morgan fingerprint density at radius 3 is 2.45 bits per heavy atom. The molecule has 0 unspecified atom stereocenters. The van der Waals surface area contributed by atoms with Crippen molar-refractivity contribution in [1.82, 2.24) is 0 Å². The fourth-order valence-electron chi connectivity index (χ4n) is 1.46. The molecule has 0 aliphatic rings. The Labute approximate surface area is 115 Å². The topological polar surface area (TPSA) is 50.7 Å². The summed E-state index contributed by atoms with van der Waals surface area (Å²) in [6, 6.07) is 12.9. The minimum absolute atomic E-state index is 0.333. The van der Waals surface area contributed by atoms with Crippen molar-refractivity contribution >= 4 is 18.0 Å². The number of benzene rings is 2. The predicted molar refractivity (Wildman–Crippen MR) is 75.3 cm³/mol. The van der Waals surface area contributed by atoms with Crippen molar-refractivity contribution in [1.29, 1.82) is 0 Å². The highest BCUT2D eigenvalue weighted by Crippen LogP contribution is 2.08. The van der Waals surface area contributed by atoms with E-state index in [0.717, 1.165) is 5.56 Å². The van der Waals surface area contributed by atoms with Crippen LogP contribution in [0.5, 0.6) is 0 Å². The van der Waals surface area contributed by atoms with E-state index in [4.69, 9.17) is 0 Å². The van der Waals surface area contributed by atoms with Crippen LogP contribution in [-0.2, 0) is 4.84 Å². The van der Waals surface area contributed by atoms with Gasteiger partial charge < -0.3 is 0 Å². The third kappa shape index (κ3) is 4.20. The van der Waals surface area contributed by atoms with Gasteiger partial charge in [-0.3, -0.25) is 10.2 Å². The molecule has 0 spiro atoms. The molecule has 0 fully saturated rings. The van der Waals surface area contributed by atoms with Gasteiger partial charge in [0.1, 0.15) is 5.82 Å². The normalized spacial score (nSPS) is 10.5. The van der Waals surface area contributed by atoms with Crippen LogP contribution in [0, 0.1) is 12.7 Å². The lowest BCUT2D eigenvalue weighted by molar-refractivity contribution is 0.167. The highest BCUT2D eigenvalue weighted by atomic mass is 19.1. The number of nitrogens with one attached hydrogen (secondary N) is 1. The number of rotatable bonds is 3. The van der Waals surface area contributed by atoms with E-state index in [9.17, 15) is 9.18 Å². The van der Waals surface area contributed by atoms with Crippen LogP contribution in [-0.4, -0.2) is 12.3 Å². The number of aryl methyl sites for hydroxylation is 1. The Kier molecular flexibility index (Phi) is 4.44. The molecule has 5 heteroatoms. The van der Waals surface area contributed by atoms with E-state index < -0.39 is 6.09 Å². The summed E-state index contributed by atoms with van der Waals surface area (Å²) in [6.07, 6.45) is 0.640.